The summed E-state index contributed by atoms with van der Waals surface area (Å²) in [4.78, 5) is 22.9. The molecule has 0 radical (unpaired) electrons. The van der Waals surface area contributed by atoms with Gasteiger partial charge in [-0.1, -0.05) is 35.3 Å². The van der Waals surface area contributed by atoms with Crippen LogP contribution in [0.25, 0.3) is 0 Å². The third-order valence-electron chi connectivity index (χ3n) is 3.94. The molecule has 0 atom stereocenters. The second kappa shape index (κ2) is 7.77. The number of aryl methyl sites for hydroxylation is 1. The lowest BCUT2D eigenvalue weighted by atomic mass is 10.1. The van der Waals surface area contributed by atoms with E-state index in [0.29, 0.717) is 27.8 Å². The molecule has 7 nitrogen and oxygen atoms in total. The van der Waals surface area contributed by atoms with E-state index in [1.807, 2.05) is 0 Å². The number of amides is 1. The van der Waals surface area contributed by atoms with Crippen molar-refractivity contribution >= 4 is 40.5 Å². The van der Waals surface area contributed by atoms with Crippen molar-refractivity contribution < 1.29 is 9.72 Å². The van der Waals surface area contributed by atoms with Crippen LogP contribution in [0.2, 0.25) is 10.0 Å². The molecule has 2 aromatic carbocycles. The van der Waals surface area contributed by atoms with E-state index in [9.17, 15) is 14.9 Å². The van der Waals surface area contributed by atoms with E-state index in [0.717, 1.165) is 5.56 Å². The zero-order valence-electron chi connectivity index (χ0n) is 14.1. The van der Waals surface area contributed by atoms with Crippen molar-refractivity contribution in [2.45, 2.75) is 13.5 Å². The Morgan fingerprint density at radius 3 is 2.63 bits per heavy atom. The molecule has 1 amide bonds. The van der Waals surface area contributed by atoms with Crippen LogP contribution in [0.5, 0.6) is 0 Å². The summed E-state index contributed by atoms with van der Waals surface area (Å²) in [5, 5.41) is 18.9. The largest absolute Gasteiger partial charge is 0.319 e. The number of rotatable bonds is 5. The number of nitro benzene ring substituents is 1. The molecule has 0 saturated carbocycles. The van der Waals surface area contributed by atoms with E-state index >= 15 is 0 Å². The number of hydrogen-bond acceptors (Lipinski definition) is 4. The Hall–Kier alpha value is -2.90. The van der Waals surface area contributed by atoms with Crippen molar-refractivity contribution in [3.05, 3.63) is 85.6 Å². The first kappa shape index (κ1) is 18.9. The second-order valence-corrected chi connectivity index (χ2v) is 6.65. The second-order valence-electron chi connectivity index (χ2n) is 5.84. The number of aromatic nitrogens is 2. The van der Waals surface area contributed by atoms with Gasteiger partial charge >= 0.3 is 0 Å². The molecule has 27 heavy (non-hydrogen) atoms. The van der Waals surface area contributed by atoms with Crippen LogP contribution < -0.4 is 5.32 Å². The van der Waals surface area contributed by atoms with Gasteiger partial charge in [-0.05, 0) is 25.1 Å². The van der Waals surface area contributed by atoms with Crippen LogP contribution in [0, 0.1) is 17.0 Å². The van der Waals surface area contributed by atoms with Gasteiger partial charge in [0.15, 0.2) is 0 Å². The fourth-order valence-corrected chi connectivity index (χ4v) is 3.03. The molecule has 0 fully saturated rings. The number of benzene rings is 2. The molecule has 0 aliphatic heterocycles. The summed E-state index contributed by atoms with van der Waals surface area (Å²) < 4.78 is 1.58. The standard InChI is InChI=1S/C18H14Cl2N4O3/c1-11-5-6-12(7-17(11)24(26)27)18(25)22-13-8-21-23(9-13)10-14-15(19)3-2-4-16(14)20/h2-9H,10H2,1H3,(H,22,25). The Kier molecular flexibility index (Phi) is 5.43. The topological polar surface area (TPSA) is 90.1 Å². The van der Waals surface area contributed by atoms with Gasteiger partial charge in [-0.2, -0.15) is 5.10 Å². The van der Waals surface area contributed by atoms with Gasteiger partial charge in [0.25, 0.3) is 11.6 Å². The number of hydrogen-bond donors (Lipinski definition) is 1. The number of nitro groups is 1. The lowest BCUT2D eigenvalue weighted by molar-refractivity contribution is -0.385. The maximum absolute atomic E-state index is 12.4. The van der Waals surface area contributed by atoms with Gasteiger partial charge in [0.05, 0.1) is 23.4 Å². The van der Waals surface area contributed by atoms with Crippen LogP contribution in [-0.4, -0.2) is 20.6 Å². The third kappa shape index (κ3) is 4.27. The minimum absolute atomic E-state index is 0.105. The van der Waals surface area contributed by atoms with Crippen LogP contribution in [0.15, 0.2) is 48.8 Å². The van der Waals surface area contributed by atoms with Crippen LogP contribution in [0.4, 0.5) is 11.4 Å². The van der Waals surface area contributed by atoms with Gasteiger partial charge in [0.2, 0.25) is 0 Å². The van der Waals surface area contributed by atoms with E-state index in [4.69, 9.17) is 23.2 Å². The van der Waals surface area contributed by atoms with Crippen LogP contribution >= 0.6 is 23.2 Å². The highest BCUT2D eigenvalue weighted by molar-refractivity contribution is 6.35. The van der Waals surface area contributed by atoms with Gasteiger partial charge in [0, 0.05) is 39.0 Å². The van der Waals surface area contributed by atoms with Gasteiger partial charge < -0.3 is 5.32 Å². The average Bonchev–Trinajstić information content (AvgIpc) is 3.05. The summed E-state index contributed by atoms with van der Waals surface area (Å²) >= 11 is 12.3. The molecule has 138 valence electrons. The van der Waals surface area contributed by atoms with Crippen molar-refractivity contribution in [3.63, 3.8) is 0 Å². The number of nitrogens with zero attached hydrogens (tertiary/aromatic N) is 3. The maximum atomic E-state index is 12.4. The van der Waals surface area contributed by atoms with Gasteiger partial charge in [-0.25, -0.2) is 0 Å². The van der Waals surface area contributed by atoms with Crippen LogP contribution in [0.1, 0.15) is 21.5 Å². The zero-order chi connectivity index (χ0) is 19.6. The smallest absolute Gasteiger partial charge is 0.273 e. The van der Waals surface area contributed by atoms with E-state index in [1.54, 1.807) is 36.0 Å². The van der Waals surface area contributed by atoms with Crippen LogP contribution in [-0.2, 0) is 6.54 Å². The summed E-state index contributed by atoms with van der Waals surface area (Å²) in [6.45, 7) is 1.95. The number of carbonyl (C=O) groups is 1. The zero-order valence-corrected chi connectivity index (χ0v) is 15.7. The molecular formula is C18H14Cl2N4O3. The molecule has 9 heteroatoms. The minimum atomic E-state index is -0.516. The Morgan fingerprint density at radius 2 is 1.96 bits per heavy atom. The van der Waals surface area contributed by atoms with Gasteiger partial charge in [-0.3, -0.25) is 19.6 Å². The minimum Gasteiger partial charge on any atom is -0.319 e. The Morgan fingerprint density at radius 1 is 1.26 bits per heavy atom. The summed E-state index contributed by atoms with van der Waals surface area (Å²) in [6, 6.07) is 9.54. The van der Waals surface area contributed by atoms with Gasteiger partial charge in [0.1, 0.15) is 0 Å². The molecule has 0 unspecified atom stereocenters. The first-order valence-electron chi connectivity index (χ1n) is 7.87. The highest BCUT2D eigenvalue weighted by atomic mass is 35.5. The quantitative estimate of drug-likeness (QED) is 0.492. The Labute approximate surface area is 164 Å². The van der Waals surface area contributed by atoms with E-state index < -0.39 is 10.8 Å². The van der Waals surface area contributed by atoms with E-state index in [1.165, 1.54) is 24.4 Å². The summed E-state index contributed by atoms with van der Waals surface area (Å²) in [6.07, 6.45) is 3.10. The predicted molar refractivity (Wildman–Crippen MR) is 104 cm³/mol. The maximum Gasteiger partial charge on any atom is 0.273 e. The van der Waals surface area contributed by atoms with E-state index in [2.05, 4.69) is 10.4 Å². The van der Waals surface area contributed by atoms with Crippen molar-refractivity contribution in [3.8, 4) is 0 Å². The summed E-state index contributed by atoms with van der Waals surface area (Å²) in [7, 11) is 0. The molecular weight excluding hydrogens is 391 g/mol. The molecule has 1 heterocycles. The molecule has 0 aliphatic rings. The fraction of sp³-hybridized carbons (Fsp3) is 0.111. The molecule has 0 aliphatic carbocycles. The van der Waals surface area contributed by atoms with Crippen molar-refractivity contribution in [1.82, 2.24) is 9.78 Å². The normalized spacial score (nSPS) is 10.6. The van der Waals surface area contributed by atoms with Crippen molar-refractivity contribution in [2.24, 2.45) is 0 Å². The molecule has 0 bridgehead atoms. The summed E-state index contributed by atoms with van der Waals surface area (Å²) in [5.41, 5.74) is 1.74. The average molecular weight is 405 g/mol. The third-order valence-corrected chi connectivity index (χ3v) is 4.65. The molecule has 1 N–H and O–H groups in total. The van der Waals surface area contributed by atoms with Crippen LogP contribution in [0.3, 0.4) is 0 Å². The first-order chi connectivity index (χ1) is 12.8. The summed E-state index contributed by atoms with van der Waals surface area (Å²) in [5.74, 6) is -0.464. The predicted octanol–water partition coefficient (Wildman–Crippen LogP) is 4.71. The van der Waals surface area contributed by atoms with Gasteiger partial charge in [-0.15, -0.1) is 0 Å². The monoisotopic (exact) mass is 404 g/mol. The molecule has 3 rings (SSSR count). The van der Waals surface area contributed by atoms with Crippen molar-refractivity contribution in [2.75, 3.05) is 5.32 Å². The lowest BCUT2D eigenvalue weighted by Gasteiger charge is -2.07. The fourth-order valence-electron chi connectivity index (χ4n) is 2.51. The molecule has 0 saturated heterocycles. The van der Waals surface area contributed by atoms with E-state index in [-0.39, 0.29) is 11.3 Å². The molecule has 3 aromatic rings. The number of anilines is 1. The first-order valence-corrected chi connectivity index (χ1v) is 8.62. The number of halogens is 2. The SMILES string of the molecule is Cc1ccc(C(=O)Nc2cnn(Cc3c(Cl)cccc3Cl)c2)cc1[N+](=O)[O-]. The molecule has 0 spiro atoms. The Balaban J connectivity index is 1.75. The number of carbonyl (C=O) groups excluding carboxylic acids is 1. The lowest BCUT2D eigenvalue weighted by Crippen LogP contribution is -2.12. The Bertz CT molecular complexity index is 1010. The highest BCUT2D eigenvalue weighted by Crippen LogP contribution is 2.25. The highest BCUT2D eigenvalue weighted by Gasteiger charge is 2.16. The number of nitrogens with one attached hydrogen (secondary N) is 1. The molecule has 1 aromatic heterocycles. The van der Waals surface area contributed by atoms with Crippen molar-refractivity contribution in [1.29, 1.82) is 0 Å².